The van der Waals surface area contributed by atoms with Gasteiger partial charge in [0.15, 0.2) is 5.58 Å². The largest absolute Gasteiger partial charge is 0.465 e. The van der Waals surface area contributed by atoms with Gasteiger partial charge in [-0.15, -0.1) is 0 Å². The van der Waals surface area contributed by atoms with Gasteiger partial charge in [-0.3, -0.25) is 0 Å². The maximum absolute atomic E-state index is 8.05. The smallest absolute Gasteiger partial charge is 0.230 e. The molecule has 0 atom stereocenters. The zero-order valence-corrected chi connectivity index (χ0v) is 23.6. The van der Waals surface area contributed by atoms with Crippen molar-refractivity contribution in [2.45, 2.75) is 13.8 Å². The van der Waals surface area contributed by atoms with Crippen molar-refractivity contribution in [2.75, 3.05) is 0 Å². The van der Waals surface area contributed by atoms with Crippen molar-refractivity contribution in [3.63, 3.8) is 0 Å². The Hall–Kier alpha value is -5.79. The van der Waals surface area contributed by atoms with Crippen LogP contribution in [0.2, 0.25) is 0 Å². The molecule has 3 heterocycles. The maximum Gasteiger partial charge on any atom is 0.230 e. The number of aryl methyl sites for hydroxylation is 2. The predicted molar refractivity (Wildman–Crippen MR) is 177 cm³/mol. The zero-order chi connectivity index (χ0) is 28.8. The van der Waals surface area contributed by atoms with Crippen LogP contribution in [0.15, 0.2) is 118 Å². The van der Waals surface area contributed by atoms with E-state index in [9.17, 15) is 0 Å². The van der Waals surface area contributed by atoms with E-state index in [0.717, 1.165) is 66.1 Å². The maximum atomic E-state index is 8.05. The van der Waals surface area contributed by atoms with E-state index in [1.807, 2.05) is 24.3 Å². The third-order valence-corrected chi connectivity index (χ3v) is 8.71. The van der Waals surface area contributed by atoms with Gasteiger partial charge in [0.2, 0.25) is 5.69 Å². The van der Waals surface area contributed by atoms with Crippen LogP contribution in [-0.2, 0) is 0 Å². The summed E-state index contributed by atoms with van der Waals surface area (Å²) in [5.41, 5.74) is 11.2. The molecule has 0 saturated carbocycles. The third kappa shape index (κ3) is 3.37. The summed E-state index contributed by atoms with van der Waals surface area (Å²) in [6, 6.07) is 37.9. The normalized spacial score (nSPS) is 11.9. The molecule has 202 valence electrons. The minimum atomic E-state index is 0.493. The number of benzene rings is 6. The van der Waals surface area contributed by atoms with Crippen LogP contribution < -0.4 is 0 Å². The second kappa shape index (κ2) is 8.61. The molecule has 0 aliphatic rings. The molecule has 0 N–H and O–H groups in total. The molecular weight excluding hydrogens is 528 g/mol. The van der Waals surface area contributed by atoms with Crippen LogP contribution in [0, 0.1) is 20.4 Å². The van der Waals surface area contributed by atoms with Crippen molar-refractivity contribution >= 4 is 71.4 Å². The molecule has 0 bridgehead atoms. The number of hydrogen-bond acceptors (Lipinski definition) is 2. The summed E-state index contributed by atoms with van der Waals surface area (Å²) >= 11 is 0. The van der Waals surface area contributed by atoms with Gasteiger partial charge >= 0.3 is 0 Å². The summed E-state index contributed by atoms with van der Waals surface area (Å²) in [4.78, 5) is 3.91. The number of aromatic nitrogens is 1. The molecular formula is C39H24N2O2. The summed E-state index contributed by atoms with van der Waals surface area (Å²) in [7, 11) is 0. The SMILES string of the molecule is [C-]#[N+]c1cc(-c2ccc3c(c2)oc2ccccc23)cc2c1oc1c(-n3c4ccc(C)cc4c4cc(C)ccc43)cccc12. The lowest BCUT2D eigenvalue weighted by Crippen LogP contribution is -1.94. The lowest BCUT2D eigenvalue weighted by molar-refractivity contribution is 0.668. The van der Waals surface area contributed by atoms with Crippen molar-refractivity contribution in [3.05, 3.63) is 132 Å². The van der Waals surface area contributed by atoms with Crippen LogP contribution >= 0.6 is 0 Å². The Kier molecular flexibility index (Phi) is 4.78. The summed E-state index contributed by atoms with van der Waals surface area (Å²) in [5, 5.41) is 6.54. The molecule has 0 aliphatic heterocycles. The third-order valence-electron chi connectivity index (χ3n) is 8.71. The molecule has 0 spiro atoms. The van der Waals surface area contributed by atoms with Crippen LogP contribution in [-0.4, -0.2) is 4.57 Å². The van der Waals surface area contributed by atoms with E-state index in [4.69, 9.17) is 15.4 Å². The average molecular weight is 553 g/mol. The Balaban J connectivity index is 1.31. The summed E-state index contributed by atoms with van der Waals surface area (Å²) in [6.45, 7) is 12.3. The Morgan fingerprint density at radius 3 is 2.02 bits per heavy atom. The number of nitrogens with zero attached hydrogens (tertiary/aromatic N) is 2. The van der Waals surface area contributed by atoms with E-state index in [1.54, 1.807) is 0 Å². The molecule has 9 rings (SSSR count). The predicted octanol–water partition coefficient (Wildman–Crippen LogP) is 11.4. The fraction of sp³-hybridized carbons (Fsp3) is 0.0513. The van der Waals surface area contributed by atoms with Crippen LogP contribution in [0.5, 0.6) is 0 Å². The highest BCUT2D eigenvalue weighted by atomic mass is 16.3. The second-order valence-corrected chi connectivity index (χ2v) is 11.4. The van der Waals surface area contributed by atoms with Crippen molar-refractivity contribution in [3.8, 4) is 16.8 Å². The average Bonchev–Trinajstić information content (AvgIpc) is 3.69. The van der Waals surface area contributed by atoms with Gasteiger partial charge in [-0.2, -0.15) is 0 Å². The first kappa shape index (κ1) is 23.9. The fourth-order valence-electron chi connectivity index (χ4n) is 6.71. The van der Waals surface area contributed by atoms with Gasteiger partial charge < -0.3 is 13.4 Å². The number of para-hydroxylation sites is 2. The molecule has 4 nitrogen and oxygen atoms in total. The Morgan fingerprint density at radius 2 is 1.26 bits per heavy atom. The van der Waals surface area contributed by atoms with Gasteiger partial charge in [0.1, 0.15) is 16.7 Å². The Labute approximate surface area is 246 Å². The lowest BCUT2D eigenvalue weighted by atomic mass is 10.00. The molecule has 9 aromatic rings. The van der Waals surface area contributed by atoms with Crippen molar-refractivity contribution in [1.29, 1.82) is 0 Å². The van der Waals surface area contributed by atoms with Gasteiger partial charge in [0.25, 0.3) is 0 Å². The lowest BCUT2D eigenvalue weighted by Gasteiger charge is -2.09. The van der Waals surface area contributed by atoms with Crippen molar-refractivity contribution in [1.82, 2.24) is 4.57 Å². The fourth-order valence-corrected chi connectivity index (χ4v) is 6.71. The highest BCUT2D eigenvalue weighted by Crippen LogP contribution is 2.43. The summed E-state index contributed by atoms with van der Waals surface area (Å²) < 4.78 is 15.1. The van der Waals surface area contributed by atoms with Gasteiger partial charge in [-0.1, -0.05) is 59.7 Å². The monoisotopic (exact) mass is 552 g/mol. The second-order valence-electron chi connectivity index (χ2n) is 11.4. The van der Waals surface area contributed by atoms with E-state index >= 15 is 0 Å². The molecule has 6 aromatic carbocycles. The van der Waals surface area contributed by atoms with Gasteiger partial charge in [0.05, 0.1) is 23.3 Å². The standard InChI is InChI=1S/C39H24N2O2/c1-22-11-15-33-29(17-22)30-18-23(2)12-16-34(30)41(33)35-9-6-8-28-31-19-25(20-32(40-3)38(31)43-39(28)35)24-13-14-27-26-7-4-5-10-36(26)42-37(27)21-24/h4-21H,1-2H3. The Morgan fingerprint density at radius 1 is 0.535 bits per heavy atom. The molecule has 0 saturated heterocycles. The first-order chi connectivity index (χ1) is 21.1. The summed E-state index contributed by atoms with van der Waals surface area (Å²) in [5.74, 6) is 0. The van der Waals surface area contributed by atoms with Crippen molar-refractivity contribution in [2.24, 2.45) is 0 Å². The van der Waals surface area contributed by atoms with Gasteiger partial charge in [-0.25, -0.2) is 4.85 Å². The first-order valence-electron chi connectivity index (χ1n) is 14.4. The minimum absolute atomic E-state index is 0.493. The van der Waals surface area contributed by atoms with E-state index < -0.39 is 0 Å². The van der Waals surface area contributed by atoms with Crippen LogP contribution in [0.1, 0.15) is 11.1 Å². The molecule has 3 aromatic heterocycles. The van der Waals surface area contributed by atoms with Crippen LogP contribution in [0.4, 0.5) is 5.69 Å². The molecule has 0 aliphatic carbocycles. The highest BCUT2D eigenvalue weighted by Gasteiger charge is 2.20. The van der Waals surface area contributed by atoms with Gasteiger partial charge in [0, 0.05) is 32.3 Å². The molecule has 4 heteroatoms. The molecule has 0 radical (unpaired) electrons. The molecule has 0 amide bonds. The minimum Gasteiger partial charge on any atom is -0.465 e. The van der Waals surface area contributed by atoms with Crippen LogP contribution in [0.3, 0.4) is 0 Å². The molecule has 0 unspecified atom stereocenters. The number of furan rings is 2. The van der Waals surface area contributed by atoms with Crippen molar-refractivity contribution < 1.29 is 8.83 Å². The Bertz CT molecular complexity index is 2600. The number of rotatable bonds is 2. The first-order valence-corrected chi connectivity index (χ1v) is 14.4. The van der Waals surface area contributed by atoms with Crippen LogP contribution in [0.25, 0.3) is 87.3 Å². The quantitative estimate of drug-likeness (QED) is 0.200. The van der Waals surface area contributed by atoms with Gasteiger partial charge in [-0.05, 0) is 85.6 Å². The number of fused-ring (bicyclic) bond motifs is 9. The highest BCUT2D eigenvalue weighted by molar-refractivity contribution is 6.15. The van der Waals surface area contributed by atoms with E-state index in [1.165, 1.54) is 21.9 Å². The summed E-state index contributed by atoms with van der Waals surface area (Å²) in [6.07, 6.45) is 0. The topological polar surface area (TPSA) is 35.6 Å². The zero-order valence-electron chi connectivity index (χ0n) is 23.6. The molecule has 0 fully saturated rings. The molecule has 43 heavy (non-hydrogen) atoms. The van der Waals surface area contributed by atoms with E-state index in [0.29, 0.717) is 11.3 Å². The van der Waals surface area contributed by atoms with E-state index in [-0.39, 0.29) is 0 Å². The van der Waals surface area contributed by atoms with E-state index in [2.05, 4.69) is 108 Å². The number of hydrogen-bond donors (Lipinski definition) is 0.